The fraction of sp³-hybridized carbons (Fsp3) is 0.308. The fourth-order valence-electron chi connectivity index (χ4n) is 3.43. The zero-order valence-corrected chi connectivity index (χ0v) is 19.4. The number of nitriles is 1. The van der Waals surface area contributed by atoms with E-state index in [-0.39, 0.29) is 22.6 Å². The molecule has 170 valence electrons. The second kappa shape index (κ2) is 10.2. The molecule has 0 bridgehead atoms. The Balaban J connectivity index is 1.87. The molecule has 7 heteroatoms. The van der Waals surface area contributed by atoms with Crippen LogP contribution in [-0.4, -0.2) is 37.9 Å². The molecule has 0 unspecified atom stereocenters. The minimum Gasteiger partial charge on any atom is -0.385 e. The molecule has 0 atom stereocenters. The Morgan fingerprint density at radius 1 is 1.06 bits per heavy atom. The highest BCUT2D eigenvalue weighted by Gasteiger charge is 2.27. The zero-order valence-electron chi connectivity index (χ0n) is 19.4. The van der Waals surface area contributed by atoms with Crippen LogP contribution in [0.3, 0.4) is 0 Å². The van der Waals surface area contributed by atoms with Crippen LogP contribution < -0.4 is 10.6 Å². The number of amidine groups is 1. The summed E-state index contributed by atoms with van der Waals surface area (Å²) in [6, 6.07) is 16.6. The summed E-state index contributed by atoms with van der Waals surface area (Å²) in [6.45, 7) is 7.22. The molecule has 2 N–H and O–H groups in total. The van der Waals surface area contributed by atoms with Gasteiger partial charge in [-0.15, -0.1) is 0 Å². The van der Waals surface area contributed by atoms with Crippen molar-refractivity contribution < 1.29 is 14.3 Å². The first-order valence-corrected chi connectivity index (χ1v) is 10.8. The second-order valence-corrected chi connectivity index (χ2v) is 8.73. The van der Waals surface area contributed by atoms with E-state index in [2.05, 4.69) is 36.4 Å². The lowest BCUT2D eigenvalue weighted by atomic mass is 9.87. The molecule has 3 rings (SSSR count). The van der Waals surface area contributed by atoms with Crippen LogP contribution in [0.2, 0.25) is 0 Å². The van der Waals surface area contributed by atoms with E-state index in [1.807, 2.05) is 24.3 Å². The molecule has 0 spiro atoms. The SMILES string of the molecule is COCCCNC(=O)/C(C#N)=C1/N=C(NC(=O)c2ccc(C(C)(C)C)cc2)c2ccccc21. The summed E-state index contributed by atoms with van der Waals surface area (Å²) in [7, 11) is 1.59. The third-order valence-electron chi connectivity index (χ3n) is 5.29. The molecule has 33 heavy (non-hydrogen) atoms. The van der Waals surface area contributed by atoms with E-state index in [9.17, 15) is 14.9 Å². The van der Waals surface area contributed by atoms with Gasteiger partial charge in [0.05, 0.1) is 5.70 Å². The van der Waals surface area contributed by atoms with Gasteiger partial charge in [0.1, 0.15) is 17.5 Å². The molecule has 2 amide bonds. The van der Waals surface area contributed by atoms with Crippen LogP contribution in [0, 0.1) is 11.3 Å². The summed E-state index contributed by atoms with van der Waals surface area (Å²) in [4.78, 5) is 30.0. The Kier molecular flexibility index (Phi) is 7.41. The number of methoxy groups -OCH3 is 1. The lowest BCUT2D eigenvalue weighted by Gasteiger charge is -2.19. The monoisotopic (exact) mass is 444 g/mol. The Labute approximate surface area is 194 Å². The molecule has 0 fully saturated rings. The zero-order chi connectivity index (χ0) is 24.0. The van der Waals surface area contributed by atoms with Gasteiger partial charge in [-0.05, 0) is 29.5 Å². The number of nitrogens with one attached hydrogen (secondary N) is 2. The van der Waals surface area contributed by atoms with Gasteiger partial charge in [0.25, 0.3) is 11.8 Å². The maximum absolute atomic E-state index is 12.9. The molecule has 1 heterocycles. The Morgan fingerprint density at radius 2 is 1.73 bits per heavy atom. The van der Waals surface area contributed by atoms with Gasteiger partial charge < -0.3 is 15.4 Å². The van der Waals surface area contributed by atoms with Gasteiger partial charge in [-0.1, -0.05) is 57.2 Å². The molecule has 1 aliphatic heterocycles. The van der Waals surface area contributed by atoms with Gasteiger partial charge in [0, 0.05) is 37.0 Å². The summed E-state index contributed by atoms with van der Waals surface area (Å²) in [6.07, 6.45) is 0.630. The number of carbonyl (C=O) groups is 2. The van der Waals surface area contributed by atoms with E-state index in [4.69, 9.17) is 4.74 Å². The largest absolute Gasteiger partial charge is 0.385 e. The van der Waals surface area contributed by atoms with E-state index in [1.165, 1.54) is 0 Å². The normalized spacial score (nSPS) is 14.1. The molecular formula is C26H28N4O3. The highest BCUT2D eigenvalue weighted by atomic mass is 16.5. The summed E-state index contributed by atoms with van der Waals surface area (Å²) in [5.41, 5.74) is 3.04. The second-order valence-electron chi connectivity index (χ2n) is 8.73. The molecule has 2 aromatic rings. The van der Waals surface area contributed by atoms with Crippen molar-refractivity contribution in [3.05, 3.63) is 76.4 Å². The quantitative estimate of drug-likeness (QED) is 0.404. The lowest BCUT2D eigenvalue weighted by Crippen LogP contribution is -2.30. The molecule has 0 saturated heterocycles. The fourth-order valence-corrected chi connectivity index (χ4v) is 3.43. The van der Waals surface area contributed by atoms with E-state index < -0.39 is 5.91 Å². The molecule has 0 aliphatic carbocycles. The van der Waals surface area contributed by atoms with E-state index in [0.717, 1.165) is 5.56 Å². The van der Waals surface area contributed by atoms with E-state index in [0.29, 0.717) is 42.1 Å². The number of rotatable bonds is 6. The number of ether oxygens (including phenoxy) is 1. The number of nitrogens with zero attached hydrogens (tertiary/aromatic N) is 2. The summed E-state index contributed by atoms with van der Waals surface area (Å²) >= 11 is 0. The number of hydrogen-bond donors (Lipinski definition) is 2. The van der Waals surface area contributed by atoms with E-state index in [1.54, 1.807) is 37.4 Å². The molecule has 0 saturated carbocycles. The number of hydrogen-bond acceptors (Lipinski definition) is 5. The van der Waals surface area contributed by atoms with Crippen LogP contribution in [0.4, 0.5) is 0 Å². The Bertz CT molecular complexity index is 1150. The van der Waals surface area contributed by atoms with Crippen molar-refractivity contribution in [2.45, 2.75) is 32.6 Å². The van der Waals surface area contributed by atoms with Crippen LogP contribution >= 0.6 is 0 Å². The van der Waals surface area contributed by atoms with Crippen LogP contribution in [0.1, 0.15) is 54.2 Å². The van der Waals surface area contributed by atoms with Gasteiger partial charge >= 0.3 is 0 Å². The average Bonchev–Trinajstić information content (AvgIpc) is 3.15. The molecule has 2 aromatic carbocycles. The summed E-state index contributed by atoms with van der Waals surface area (Å²) < 4.78 is 4.98. The Morgan fingerprint density at radius 3 is 2.33 bits per heavy atom. The van der Waals surface area contributed by atoms with E-state index >= 15 is 0 Å². The van der Waals surface area contributed by atoms with Gasteiger partial charge in [-0.2, -0.15) is 5.26 Å². The number of aliphatic imine (C=N–C) groups is 1. The van der Waals surface area contributed by atoms with Gasteiger partial charge in [0.15, 0.2) is 0 Å². The lowest BCUT2D eigenvalue weighted by molar-refractivity contribution is -0.117. The Hall–Kier alpha value is -3.76. The van der Waals surface area contributed by atoms with Crippen molar-refractivity contribution in [3.8, 4) is 6.07 Å². The first-order valence-electron chi connectivity index (χ1n) is 10.8. The minimum atomic E-state index is -0.507. The van der Waals surface area contributed by atoms with Crippen LogP contribution in [0.5, 0.6) is 0 Å². The molecular weight excluding hydrogens is 416 g/mol. The average molecular weight is 445 g/mol. The number of fused-ring (bicyclic) bond motifs is 1. The predicted molar refractivity (Wildman–Crippen MR) is 128 cm³/mol. The summed E-state index contributed by atoms with van der Waals surface area (Å²) in [5.74, 6) is -0.509. The third-order valence-corrected chi connectivity index (χ3v) is 5.29. The van der Waals surface area contributed by atoms with Crippen molar-refractivity contribution in [2.24, 2.45) is 4.99 Å². The van der Waals surface area contributed by atoms with Gasteiger partial charge in [-0.3, -0.25) is 9.59 Å². The van der Waals surface area contributed by atoms with Crippen molar-refractivity contribution >= 4 is 23.3 Å². The maximum atomic E-state index is 12.9. The predicted octanol–water partition coefficient (Wildman–Crippen LogP) is 3.56. The smallest absolute Gasteiger partial charge is 0.264 e. The highest BCUT2D eigenvalue weighted by Crippen LogP contribution is 2.30. The number of benzene rings is 2. The van der Waals surface area contributed by atoms with Crippen molar-refractivity contribution in [3.63, 3.8) is 0 Å². The molecule has 1 aliphatic rings. The molecule has 7 nitrogen and oxygen atoms in total. The number of amides is 2. The van der Waals surface area contributed by atoms with Gasteiger partial charge in [-0.25, -0.2) is 4.99 Å². The van der Waals surface area contributed by atoms with Crippen LogP contribution in [-0.2, 0) is 14.9 Å². The standard InChI is InChI=1S/C26H28N4O3/c1-26(2,3)18-12-10-17(11-13-18)24(31)30-23-20-9-6-5-8-19(20)22(29-23)21(16-27)25(32)28-14-7-15-33-4/h5-6,8-13H,7,14-15H2,1-4H3,(H,28,32)(H,29,30,31)/b22-21+. The highest BCUT2D eigenvalue weighted by molar-refractivity contribution is 6.20. The first kappa shape index (κ1) is 23.9. The molecule has 0 aromatic heterocycles. The van der Waals surface area contributed by atoms with Gasteiger partial charge in [0.2, 0.25) is 0 Å². The maximum Gasteiger partial charge on any atom is 0.264 e. The number of carbonyl (C=O) groups excluding carboxylic acids is 2. The minimum absolute atomic E-state index is 0.0129. The third kappa shape index (κ3) is 5.54. The van der Waals surface area contributed by atoms with Crippen LogP contribution in [0.15, 0.2) is 59.1 Å². The van der Waals surface area contributed by atoms with Crippen molar-refractivity contribution in [2.75, 3.05) is 20.3 Å². The van der Waals surface area contributed by atoms with Crippen LogP contribution in [0.25, 0.3) is 5.70 Å². The summed E-state index contributed by atoms with van der Waals surface area (Å²) in [5, 5.41) is 15.2. The topological polar surface area (TPSA) is 104 Å². The van der Waals surface area contributed by atoms with Crippen molar-refractivity contribution in [1.82, 2.24) is 10.6 Å². The van der Waals surface area contributed by atoms with Crippen molar-refractivity contribution in [1.29, 1.82) is 5.26 Å². The first-order chi connectivity index (χ1) is 15.8. The molecule has 0 radical (unpaired) electrons.